The summed E-state index contributed by atoms with van der Waals surface area (Å²) >= 11 is 1.63. The van der Waals surface area contributed by atoms with Crippen LogP contribution in [0.4, 0.5) is 0 Å². The topological polar surface area (TPSA) is 129 Å². The van der Waals surface area contributed by atoms with E-state index >= 15 is 0 Å². The van der Waals surface area contributed by atoms with E-state index in [9.17, 15) is 19.5 Å². The van der Waals surface area contributed by atoms with Crippen LogP contribution in [0.25, 0.3) is 11.0 Å². The molecule has 2 aromatic carbocycles. The highest BCUT2D eigenvalue weighted by Gasteiger charge is 2.76. The molecule has 3 aromatic rings. The third kappa shape index (κ3) is 4.48. The molecule has 3 aliphatic heterocycles. The lowest BCUT2D eigenvalue weighted by atomic mass is 9.66. The smallest absolute Gasteiger partial charge is 0.245 e. The minimum absolute atomic E-state index is 0.0313. The second kappa shape index (κ2) is 11.3. The monoisotopic (exact) mass is 590 g/mol. The Labute approximate surface area is 249 Å². The lowest BCUT2D eigenvalue weighted by Crippen LogP contribution is -2.59. The van der Waals surface area contributed by atoms with E-state index in [1.807, 2.05) is 68.4 Å². The molecule has 8 atom stereocenters. The van der Waals surface area contributed by atoms with Crippen LogP contribution in [0, 0.1) is 23.7 Å². The van der Waals surface area contributed by atoms with Gasteiger partial charge in [-0.05, 0) is 36.0 Å². The van der Waals surface area contributed by atoms with Gasteiger partial charge in [0.1, 0.15) is 18.2 Å². The zero-order valence-corrected chi connectivity index (χ0v) is 25.0. The Morgan fingerprint density at radius 3 is 2.60 bits per heavy atom. The third-order valence-electron chi connectivity index (χ3n) is 9.71. The lowest BCUT2D eigenvalue weighted by molar-refractivity contribution is -0.144. The van der Waals surface area contributed by atoms with Crippen LogP contribution in [-0.2, 0) is 27.6 Å². The number of likely N-dealkylation sites (tertiary alicyclic amines) is 1. The predicted molar refractivity (Wildman–Crippen MR) is 160 cm³/mol. The maximum Gasteiger partial charge on any atom is 0.245 e. The largest absolute Gasteiger partial charge is 0.394 e. The van der Waals surface area contributed by atoms with Gasteiger partial charge in [0.25, 0.3) is 0 Å². The number of carbonyl (C=O) groups excluding carboxylic acids is 3. The van der Waals surface area contributed by atoms with E-state index in [1.165, 1.54) is 0 Å². The first-order valence-corrected chi connectivity index (χ1v) is 15.7. The standard InChI is InChI=1S/C31H38N6O4S/c1-4-18(2)23(16-38)37-27(29(40)33-17-36-22-13-9-8-12-21(22)34-35-36)31-19(3)14-24(42-31)25(26(31)30(37)41)28(39)32-15-20-10-6-5-7-11-20/h5-13,18-19,23-27,38H,4,14-17H2,1-3H3,(H,32,39)(H,33,40)/t18-,19?,23-,24+,25-,26-,27?,31?/m0/s1. The number of nitrogens with one attached hydrogen (secondary N) is 2. The number of hydrogen-bond donors (Lipinski definition) is 3. The molecule has 1 aromatic heterocycles. The van der Waals surface area contributed by atoms with Gasteiger partial charge in [0, 0.05) is 11.8 Å². The normalized spacial score (nSPS) is 29.5. The molecule has 0 aliphatic carbocycles. The number of thioether (sulfide) groups is 1. The van der Waals surface area contributed by atoms with Gasteiger partial charge >= 0.3 is 0 Å². The first kappa shape index (κ1) is 28.7. The first-order chi connectivity index (χ1) is 20.3. The third-order valence-corrected chi connectivity index (χ3v) is 11.8. The van der Waals surface area contributed by atoms with Gasteiger partial charge in [0.2, 0.25) is 17.7 Å². The zero-order valence-electron chi connectivity index (χ0n) is 24.1. The van der Waals surface area contributed by atoms with E-state index in [-0.39, 0.29) is 48.1 Å². The van der Waals surface area contributed by atoms with Gasteiger partial charge in [-0.15, -0.1) is 16.9 Å². The molecule has 3 fully saturated rings. The summed E-state index contributed by atoms with van der Waals surface area (Å²) in [7, 11) is 0. The Morgan fingerprint density at radius 2 is 1.86 bits per heavy atom. The number of aromatic nitrogens is 3. The maximum atomic E-state index is 14.5. The van der Waals surface area contributed by atoms with Crippen molar-refractivity contribution < 1.29 is 19.5 Å². The molecule has 2 bridgehead atoms. The Hall–Kier alpha value is -3.44. The second-order valence-electron chi connectivity index (χ2n) is 11.9. The van der Waals surface area contributed by atoms with Crippen LogP contribution in [0.15, 0.2) is 54.6 Å². The van der Waals surface area contributed by atoms with Crippen molar-refractivity contribution in [3.8, 4) is 0 Å². The molecule has 4 heterocycles. The van der Waals surface area contributed by atoms with Crippen molar-refractivity contribution in [1.29, 1.82) is 0 Å². The molecule has 222 valence electrons. The van der Waals surface area contributed by atoms with E-state index in [0.29, 0.717) is 6.54 Å². The number of para-hydroxylation sites is 1. The quantitative estimate of drug-likeness (QED) is 0.331. The average molecular weight is 591 g/mol. The fraction of sp³-hybridized carbons (Fsp3) is 0.516. The number of aliphatic hydroxyl groups excluding tert-OH is 1. The molecular weight excluding hydrogens is 552 g/mol. The van der Waals surface area contributed by atoms with Crippen molar-refractivity contribution >= 4 is 40.5 Å². The summed E-state index contributed by atoms with van der Waals surface area (Å²) in [6, 6.07) is 15.9. The average Bonchev–Trinajstić information content (AvgIpc) is 3.73. The number of hydrogen-bond acceptors (Lipinski definition) is 7. The van der Waals surface area contributed by atoms with Crippen molar-refractivity contribution in [3.05, 3.63) is 60.2 Å². The minimum atomic E-state index is -0.826. The van der Waals surface area contributed by atoms with Gasteiger partial charge in [-0.2, -0.15) is 0 Å². The molecule has 3 amide bonds. The fourth-order valence-corrected chi connectivity index (χ4v) is 9.83. The van der Waals surface area contributed by atoms with Gasteiger partial charge in [-0.1, -0.05) is 74.9 Å². The fourth-order valence-electron chi connectivity index (χ4n) is 7.42. The number of nitrogens with zero attached hydrogens (tertiary/aromatic N) is 4. The van der Waals surface area contributed by atoms with Crippen molar-refractivity contribution in [2.45, 2.75) is 68.9 Å². The second-order valence-corrected chi connectivity index (χ2v) is 13.5. The summed E-state index contributed by atoms with van der Waals surface area (Å²) in [6.45, 7) is 6.32. The maximum absolute atomic E-state index is 14.5. The van der Waals surface area contributed by atoms with Gasteiger partial charge in [-0.3, -0.25) is 14.4 Å². The van der Waals surface area contributed by atoms with Crippen LogP contribution in [-0.4, -0.2) is 71.4 Å². The van der Waals surface area contributed by atoms with E-state index in [2.05, 4.69) is 27.9 Å². The van der Waals surface area contributed by atoms with Gasteiger partial charge in [-0.25, -0.2) is 4.68 Å². The van der Waals surface area contributed by atoms with Crippen LogP contribution in [0.5, 0.6) is 0 Å². The predicted octanol–water partition coefficient (Wildman–Crippen LogP) is 2.57. The first-order valence-electron chi connectivity index (χ1n) is 14.8. The molecule has 3 aliphatic rings. The van der Waals surface area contributed by atoms with Crippen LogP contribution in [0.1, 0.15) is 39.2 Å². The van der Waals surface area contributed by atoms with Crippen LogP contribution in [0.3, 0.4) is 0 Å². The highest BCUT2D eigenvalue weighted by atomic mass is 32.2. The molecule has 42 heavy (non-hydrogen) atoms. The molecule has 10 nitrogen and oxygen atoms in total. The lowest BCUT2D eigenvalue weighted by Gasteiger charge is -2.41. The van der Waals surface area contributed by atoms with Gasteiger partial charge < -0.3 is 20.6 Å². The van der Waals surface area contributed by atoms with E-state index in [1.54, 1.807) is 21.3 Å². The van der Waals surface area contributed by atoms with Crippen molar-refractivity contribution in [3.63, 3.8) is 0 Å². The number of benzene rings is 2. The van der Waals surface area contributed by atoms with Crippen molar-refractivity contribution in [1.82, 2.24) is 30.5 Å². The molecule has 3 N–H and O–H groups in total. The number of amides is 3. The summed E-state index contributed by atoms with van der Waals surface area (Å²) in [4.78, 5) is 44.1. The molecule has 6 rings (SSSR count). The molecule has 11 heteroatoms. The molecule has 3 saturated heterocycles. The van der Waals surface area contributed by atoms with E-state index < -0.39 is 28.7 Å². The van der Waals surface area contributed by atoms with Gasteiger partial charge in [0.15, 0.2) is 0 Å². The summed E-state index contributed by atoms with van der Waals surface area (Å²) in [5.41, 5.74) is 2.50. The molecule has 1 spiro atoms. The highest BCUT2D eigenvalue weighted by molar-refractivity contribution is 8.02. The Morgan fingerprint density at radius 1 is 1.12 bits per heavy atom. The molecule has 0 saturated carbocycles. The number of aliphatic hydroxyl groups is 1. The summed E-state index contributed by atoms with van der Waals surface area (Å²) in [6.07, 6.45) is 1.48. The van der Waals surface area contributed by atoms with E-state index in [0.717, 1.165) is 29.4 Å². The zero-order chi connectivity index (χ0) is 29.6. The van der Waals surface area contributed by atoms with E-state index in [4.69, 9.17) is 0 Å². The number of rotatable bonds is 10. The summed E-state index contributed by atoms with van der Waals surface area (Å²) in [5.74, 6) is -1.84. The van der Waals surface area contributed by atoms with Crippen LogP contribution >= 0.6 is 11.8 Å². The Bertz CT molecular complexity index is 1480. The number of carbonyl (C=O) groups is 3. The number of fused-ring (bicyclic) bond motifs is 2. The van der Waals surface area contributed by atoms with Crippen molar-refractivity contribution in [2.24, 2.45) is 23.7 Å². The Balaban J connectivity index is 1.32. The SMILES string of the molecule is CC[C@H](C)[C@H](CO)N1C(=O)[C@@H]2[C@@H](C(=O)NCc3ccccc3)[C@H]3CC(C)C2(S3)C1C(=O)NCn1nnc2ccccc21. The highest BCUT2D eigenvalue weighted by Crippen LogP contribution is 2.68. The van der Waals surface area contributed by atoms with Crippen LogP contribution in [0.2, 0.25) is 0 Å². The minimum Gasteiger partial charge on any atom is -0.394 e. The Kier molecular flexibility index (Phi) is 7.74. The molecular formula is C31H38N6O4S. The van der Waals surface area contributed by atoms with Crippen molar-refractivity contribution in [2.75, 3.05) is 6.61 Å². The summed E-state index contributed by atoms with van der Waals surface area (Å²) < 4.78 is 0.857. The van der Waals surface area contributed by atoms with Crippen LogP contribution < -0.4 is 10.6 Å². The molecule has 3 unspecified atom stereocenters. The molecule has 0 radical (unpaired) electrons. The van der Waals surface area contributed by atoms with Gasteiger partial charge in [0.05, 0.1) is 34.7 Å². The summed E-state index contributed by atoms with van der Waals surface area (Å²) in [5, 5.41) is 25.0.